The average Bonchev–Trinajstić information content (AvgIpc) is 2.25. The quantitative estimate of drug-likeness (QED) is 0.779. The number of aliphatic hydroxyl groups excluding tert-OH is 2. The molecule has 1 rings (SSSR count). The maximum absolute atomic E-state index is 9.84. The first-order valence-corrected chi connectivity index (χ1v) is 5.69. The van der Waals surface area contributed by atoms with Crippen LogP contribution >= 0.6 is 0 Å². The third-order valence-corrected chi connectivity index (χ3v) is 2.25. The summed E-state index contributed by atoms with van der Waals surface area (Å²) in [6.45, 7) is 4.04. The van der Waals surface area contributed by atoms with Gasteiger partial charge in [-0.1, -0.05) is 12.1 Å². The topological polar surface area (TPSA) is 49.7 Å². The second kappa shape index (κ2) is 6.51. The molecule has 1 aromatic rings. The predicted molar refractivity (Wildman–Crippen MR) is 63.5 cm³/mol. The molecular weight excluding hydrogens is 204 g/mol. The van der Waals surface area contributed by atoms with Crippen molar-refractivity contribution in [2.75, 3.05) is 6.61 Å². The van der Waals surface area contributed by atoms with Gasteiger partial charge >= 0.3 is 0 Å². The largest absolute Gasteiger partial charge is 0.491 e. The second-order valence-electron chi connectivity index (χ2n) is 4.12. The fourth-order valence-electron chi connectivity index (χ4n) is 1.52. The van der Waals surface area contributed by atoms with Gasteiger partial charge in [0.05, 0.1) is 12.2 Å². The van der Waals surface area contributed by atoms with Crippen molar-refractivity contribution >= 4 is 0 Å². The second-order valence-corrected chi connectivity index (χ2v) is 4.12. The predicted octanol–water partition coefficient (Wildman–Crippen LogP) is 2.28. The van der Waals surface area contributed by atoms with Crippen LogP contribution in [0, 0.1) is 0 Å². The molecule has 0 aliphatic rings. The van der Waals surface area contributed by atoms with E-state index in [1.54, 1.807) is 0 Å². The minimum Gasteiger partial charge on any atom is -0.491 e. The van der Waals surface area contributed by atoms with E-state index >= 15 is 0 Å². The van der Waals surface area contributed by atoms with Gasteiger partial charge in [0.1, 0.15) is 5.75 Å². The van der Waals surface area contributed by atoms with Crippen LogP contribution in [0.15, 0.2) is 24.3 Å². The number of hydrogen-bond donors (Lipinski definition) is 2. The molecule has 0 bridgehead atoms. The summed E-state index contributed by atoms with van der Waals surface area (Å²) in [7, 11) is 0. The molecule has 90 valence electrons. The van der Waals surface area contributed by atoms with Crippen molar-refractivity contribution in [1.29, 1.82) is 0 Å². The number of rotatable bonds is 6. The Kier molecular flexibility index (Phi) is 5.29. The van der Waals surface area contributed by atoms with Gasteiger partial charge in [-0.2, -0.15) is 0 Å². The van der Waals surface area contributed by atoms with Crippen molar-refractivity contribution in [1.82, 2.24) is 0 Å². The SMILES string of the molecule is CC(C)Oc1cccc(C(O)CCCO)c1. The van der Waals surface area contributed by atoms with Crippen LogP contribution in [0.25, 0.3) is 0 Å². The molecule has 2 N–H and O–H groups in total. The molecular formula is C13H20O3. The fourth-order valence-corrected chi connectivity index (χ4v) is 1.52. The van der Waals surface area contributed by atoms with Crippen molar-refractivity contribution in [3.8, 4) is 5.75 Å². The zero-order valence-electron chi connectivity index (χ0n) is 9.89. The lowest BCUT2D eigenvalue weighted by atomic mass is 10.1. The maximum Gasteiger partial charge on any atom is 0.120 e. The summed E-state index contributed by atoms with van der Waals surface area (Å²) < 4.78 is 5.55. The molecule has 1 aromatic carbocycles. The van der Waals surface area contributed by atoms with Gasteiger partial charge in [0.15, 0.2) is 0 Å². The van der Waals surface area contributed by atoms with E-state index in [0.717, 1.165) is 11.3 Å². The number of aliphatic hydroxyl groups is 2. The van der Waals surface area contributed by atoms with Gasteiger partial charge in [-0.25, -0.2) is 0 Å². The molecule has 3 heteroatoms. The van der Waals surface area contributed by atoms with E-state index in [2.05, 4.69) is 0 Å². The zero-order valence-corrected chi connectivity index (χ0v) is 9.89. The average molecular weight is 224 g/mol. The molecule has 1 unspecified atom stereocenters. The molecule has 0 saturated carbocycles. The molecule has 0 radical (unpaired) electrons. The van der Waals surface area contributed by atoms with E-state index in [9.17, 15) is 5.11 Å². The van der Waals surface area contributed by atoms with E-state index in [1.165, 1.54) is 0 Å². The lowest BCUT2D eigenvalue weighted by Crippen LogP contribution is -2.06. The highest BCUT2D eigenvalue weighted by molar-refractivity contribution is 5.30. The van der Waals surface area contributed by atoms with Crippen LogP contribution in [0.1, 0.15) is 38.4 Å². The minimum absolute atomic E-state index is 0.110. The summed E-state index contributed by atoms with van der Waals surface area (Å²) >= 11 is 0. The number of ether oxygens (including phenoxy) is 1. The first kappa shape index (κ1) is 13.0. The summed E-state index contributed by atoms with van der Waals surface area (Å²) in [5.41, 5.74) is 0.839. The zero-order chi connectivity index (χ0) is 12.0. The van der Waals surface area contributed by atoms with E-state index in [-0.39, 0.29) is 12.7 Å². The van der Waals surface area contributed by atoms with Gasteiger partial charge in [-0.3, -0.25) is 0 Å². The van der Waals surface area contributed by atoms with Crippen LogP contribution in [0.3, 0.4) is 0 Å². The summed E-state index contributed by atoms with van der Waals surface area (Å²) in [4.78, 5) is 0. The van der Waals surface area contributed by atoms with Gasteiger partial charge in [-0.15, -0.1) is 0 Å². The van der Waals surface area contributed by atoms with Crippen LogP contribution in [0.4, 0.5) is 0 Å². The minimum atomic E-state index is -0.525. The molecule has 3 nitrogen and oxygen atoms in total. The fraction of sp³-hybridized carbons (Fsp3) is 0.538. The molecule has 0 aromatic heterocycles. The van der Waals surface area contributed by atoms with E-state index in [0.29, 0.717) is 12.8 Å². The van der Waals surface area contributed by atoms with E-state index in [4.69, 9.17) is 9.84 Å². The number of hydrogen-bond acceptors (Lipinski definition) is 3. The van der Waals surface area contributed by atoms with Crippen LogP contribution in [0.2, 0.25) is 0 Å². The molecule has 1 atom stereocenters. The Morgan fingerprint density at radius 2 is 2.06 bits per heavy atom. The molecule has 0 aliphatic carbocycles. The van der Waals surface area contributed by atoms with Crippen LogP contribution in [-0.2, 0) is 0 Å². The highest BCUT2D eigenvalue weighted by Crippen LogP contribution is 2.23. The normalized spacial score (nSPS) is 12.8. The van der Waals surface area contributed by atoms with Gasteiger partial charge in [0, 0.05) is 6.61 Å². The van der Waals surface area contributed by atoms with Crippen LogP contribution in [-0.4, -0.2) is 22.9 Å². The molecule has 0 saturated heterocycles. The van der Waals surface area contributed by atoms with E-state index in [1.807, 2.05) is 38.1 Å². The third kappa shape index (κ3) is 4.21. The molecule has 0 spiro atoms. The summed E-state index contributed by atoms with van der Waals surface area (Å²) in [5.74, 6) is 0.774. The van der Waals surface area contributed by atoms with Crippen LogP contribution in [0.5, 0.6) is 5.75 Å². The molecule has 0 amide bonds. The molecule has 16 heavy (non-hydrogen) atoms. The lowest BCUT2D eigenvalue weighted by Gasteiger charge is -2.14. The van der Waals surface area contributed by atoms with Crippen molar-refractivity contribution < 1.29 is 14.9 Å². The Hall–Kier alpha value is -1.06. The van der Waals surface area contributed by atoms with Gasteiger partial charge in [-0.05, 0) is 44.4 Å². The standard InChI is InChI=1S/C13H20O3/c1-10(2)16-12-6-3-5-11(9-12)13(15)7-4-8-14/h3,5-6,9-10,13-15H,4,7-8H2,1-2H3. The molecule has 0 aliphatic heterocycles. The Morgan fingerprint density at radius 1 is 1.31 bits per heavy atom. The van der Waals surface area contributed by atoms with Gasteiger partial charge in [0.2, 0.25) is 0 Å². The Balaban J connectivity index is 2.65. The van der Waals surface area contributed by atoms with Crippen molar-refractivity contribution in [2.45, 2.75) is 38.9 Å². The van der Waals surface area contributed by atoms with Crippen LogP contribution < -0.4 is 4.74 Å². The van der Waals surface area contributed by atoms with Crippen molar-refractivity contribution in [2.24, 2.45) is 0 Å². The smallest absolute Gasteiger partial charge is 0.120 e. The Morgan fingerprint density at radius 3 is 2.69 bits per heavy atom. The van der Waals surface area contributed by atoms with Crippen molar-refractivity contribution in [3.63, 3.8) is 0 Å². The molecule has 0 heterocycles. The van der Waals surface area contributed by atoms with Gasteiger partial charge in [0.25, 0.3) is 0 Å². The Labute approximate surface area is 96.7 Å². The summed E-state index contributed by atoms with van der Waals surface area (Å²) in [5, 5.41) is 18.5. The summed E-state index contributed by atoms with van der Waals surface area (Å²) in [6, 6.07) is 7.47. The Bertz CT molecular complexity index is 310. The monoisotopic (exact) mass is 224 g/mol. The maximum atomic E-state index is 9.84. The third-order valence-electron chi connectivity index (χ3n) is 2.25. The first-order valence-electron chi connectivity index (χ1n) is 5.69. The van der Waals surface area contributed by atoms with E-state index < -0.39 is 6.10 Å². The van der Waals surface area contributed by atoms with Gasteiger partial charge < -0.3 is 14.9 Å². The highest BCUT2D eigenvalue weighted by Gasteiger charge is 2.08. The highest BCUT2D eigenvalue weighted by atomic mass is 16.5. The first-order chi connectivity index (χ1) is 7.63. The molecule has 0 fully saturated rings. The summed E-state index contributed by atoms with van der Waals surface area (Å²) in [6.07, 6.45) is 0.783. The van der Waals surface area contributed by atoms with Crippen molar-refractivity contribution in [3.05, 3.63) is 29.8 Å². The number of benzene rings is 1. The lowest BCUT2D eigenvalue weighted by molar-refractivity contribution is 0.151.